The first kappa shape index (κ1) is 9.50. The number of carbonyl (C=O) groups is 1. The molecule has 0 aromatic carbocycles. The number of esters is 1. The molecule has 0 fully saturated rings. The molecular formula is C7H8INO3. The van der Waals surface area contributed by atoms with E-state index in [1.807, 2.05) is 29.5 Å². The van der Waals surface area contributed by atoms with E-state index < -0.39 is 5.97 Å². The van der Waals surface area contributed by atoms with Crippen LogP contribution in [0.2, 0.25) is 0 Å². The Bertz CT molecular complexity index is 295. The van der Waals surface area contributed by atoms with Crippen molar-refractivity contribution >= 4 is 28.6 Å². The van der Waals surface area contributed by atoms with E-state index in [-0.39, 0.29) is 5.89 Å². The number of hydrogen-bond acceptors (Lipinski definition) is 4. The van der Waals surface area contributed by atoms with E-state index in [1.54, 1.807) is 0 Å². The number of halogens is 1. The molecule has 0 bridgehead atoms. The van der Waals surface area contributed by atoms with Gasteiger partial charge in [-0.1, -0.05) is 6.92 Å². The Morgan fingerprint density at radius 3 is 2.83 bits per heavy atom. The predicted octanol–water partition coefficient (Wildman–Crippen LogP) is 1.63. The van der Waals surface area contributed by atoms with Crippen LogP contribution < -0.4 is 0 Å². The molecule has 4 nitrogen and oxygen atoms in total. The lowest BCUT2D eigenvalue weighted by molar-refractivity contribution is 0.0554. The topological polar surface area (TPSA) is 52.3 Å². The van der Waals surface area contributed by atoms with Crippen molar-refractivity contribution in [3.05, 3.63) is 15.4 Å². The maximum absolute atomic E-state index is 10.9. The molecule has 1 aromatic heterocycles. The van der Waals surface area contributed by atoms with Gasteiger partial charge in [-0.2, -0.15) is 4.98 Å². The van der Waals surface area contributed by atoms with Crippen molar-refractivity contribution in [1.82, 2.24) is 4.98 Å². The molecular weight excluding hydrogens is 273 g/mol. The van der Waals surface area contributed by atoms with Gasteiger partial charge in [0.2, 0.25) is 0 Å². The third kappa shape index (κ3) is 1.77. The van der Waals surface area contributed by atoms with Gasteiger partial charge in [-0.05, 0) is 22.6 Å². The zero-order valence-electron chi connectivity index (χ0n) is 6.76. The highest BCUT2D eigenvalue weighted by atomic mass is 127. The van der Waals surface area contributed by atoms with Crippen LogP contribution in [0.4, 0.5) is 0 Å². The van der Waals surface area contributed by atoms with Crippen LogP contribution in [0, 0.1) is 3.70 Å². The first-order chi connectivity index (χ1) is 5.69. The first-order valence-corrected chi connectivity index (χ1v) is 4.50. The second kappa shape index (κ2) is 3.88. The normalized spacial score (nSPS) is 9.92. The summed E-state index contributed by atoms with van der Waals surface area (Å²) in [5.41, 5.74) is 0. The van der Waals surface area contributed by atoms with Gasteiger partial charge >= 0.3 is 11.9 Å². The summed E-state index contributed by atoms with van der Waals surface area (Å²) < 4.78 is 10.3. The number of nitrogens with zero attached hydrogens (tertiary/aromatic N) is 1. The second-order valence-electron chi connectivity index (χ2n) is 2.08. The van der Waals surface area contributed by atoms with E-state index in [0.29, 0.717) is 0 Å². The maximum Gasteiger partial charge on any atom is 0.394 e. The molecule has 5 heteroatoms. The minimum absolute atomic E-state index is 0.0266. The van der Waals surface area contributed by atoms with Crippen LogP contribution in [0.5, 0.6) is 0 Å². The lowest BCUT2D eigenvalue weighted by Crippen LogP contribution is -2.00. The molecule has 12 heavy (non-hydrogen) atoms. The maximum atomic E-state index is 10.9. The highest BCUT2D eigenvalue weighted by molar-refractivity contribution is 14.1. The minimum atomic E-state index is -0.535. The number of methoxy groups -OCH3 is 1. The lowest BCUT2D eigenvalue weighted by atomic mass is 10.4. The van der Waals surface area contributed by atoms with Gasteiger partial charge in [0.25, 0.3) is 0 Å². The summed E-state index contributed by atoms with van der Waals surface area (Å²) in [6, 6.07) is 0. The van der Waals surface area contributed by atoms with Gasteiger partial charge in [-0.3, -0.25) is 0 Å². The predicted molar refractivity (Wildman–Crippen MR) is 49.9 cm³/mol. The van der Waals surface area contributed by atoms with Crippen molar-refractivity contribution in [3.63, 3.8) is 0 Å². The number of oxazole rings is 1. The summed E-state index contributed by atoms with van der Waals surface area (Å²) in [5.74, 6) is 0.211. The van der Waals surface area contributed by atoms with E-state index in [2.05, 4.69) is 9.72 Å². The van der Waals surface area contributed by atoms with Gasteiger partial charge < -0.3 is 9.15 Å². The van der Waals surface area contributed by atoms with Gasteiger partial charge in [0.15, 0.2) is 0 Å². The third-order valence-electron chi connectivity index (χ3n) is 1.33. The van der Waals surface area contributed by atoms with Crippen molar-refractivity contribution in [2.75, 3.05) is 7.11 Å². The largest absolute Gasteiger partial charge is 0.462 e. The van der Waals surface area contributed by atoms with Crippen LogP contribution in [0.1, 0.15) is 23.4 Å². The van der Waals surface area contributed by atoms with Gasteiger partial charge in [-0.25, -0.2) is 4.79 Å². The fourth-order valence-corrected chi connectivity index (χ4v) is 1.44. The molecule has 1 rings (SSSR count). The van der Waals surface area contributed by atoms with Crippen LogP contribution in [0.15, 0.2) is 4.42 Å². The standard InChI is InChI=1S/C7H8INO3/c1-3-4-5(8)9-6(12-4)7(10)11-2/h3H2,1-2H3. The fourth-order valence-electron chi connectivity index (χ4n) is 0.726. The highest BCUT2D eigenvalue weighted by Crippen LogP contribution is 2.14. The minimum Gasteiger partial charge on any atom is -0.462 e. The Balaban J connectivity index is 2.96. The molecule has 0 unspecified atom stereocenters. The van der Waals surface area contributed by atoms with Crippen LogP contribution in [0.25, 0.3) is 0 Å². The third-order valence-corrected chi connectivity index (χ3v) is 2.17. The Hall–Kier alpha value is -0.590. The molecule has 0 radical (unpaired) electrons. The van der Waals surface area contributed by atoms with Gasteiger partial charge in [0.1, 0.15) is 9.46 Å². The number of rotatable bonds is 2. The monoisotopic (exact) mass is 281 g/mol. The van der Waals surface area contributed by atoms with Crippen molar-refractivity contribution in [3.8, 4) is 0 Å². The average molecular weight is 281 g/mol. The zero-order valence-corrected chi connectivity index (χ0v) is 8.91. The van der Waals surface area contributed by atoms with Crippen LogP contribution in [-0.2, 0) is 11.2 Å². The molecule has 0 aliphatic rings. The van der Waals surface area contributed by atoms with Gasteiger partial charge in [-0.15, -0.1) is 0 Å². The molecule has 0 atom stereocenters. The van der Waals surface area contributed by atoms with Crippen LogP contribution in [-0.4, -0.2) is 18.1 Å². The quantitative estimate of drug-likeness (QED) is 0.610. The number of aryl methyl sites for hydroxylation is 1. The van der Waals surface area contributed by atoms with Gasteiger partial charge in [0.05, 0.1) is 7.11 Å². The van der Waals surface area contributed by atoms with E-state index >= 15 is 0 Å². The molecule has 0 aliphatic heterocycles. The van der Waals surface area contributed by atoms with Crippen molar-refractivity contribution in [2.45, 2.75) is 13.3 Å². The molecule has 0 amide bonds. The molecule has 0 N–H and O–H groups in total. The summed E-state index contributed by atoms with van der Waals surface area (Å²) in [6.07, 6.45) is 0.724. The number of aromatic nitrogens is 1. The molecule has 66 valence electrons. The number of carbonyl (C=O) groups excluding carboxylic acids is 1. The molecule has 1 aromatic rings. The molecule has 1 heterocycles. The van der Waals surface area contributed by atoms with E-state index in [4.69, 9.17) is 4.42 Å². The van der Waals surface area contributed by atoms with Crippen LogP contribution in [0.3, 0.4) is 0 Å². The summed E-state index contributed by atoms with van der Waals surface area (Å²) in [6.45, 7) is 1.93. The summed E-state index contributed by atoms with van der Waals surface area (Å²) >= 11 is 2.02. The fraction of sp³-hybridized carbons (Fsp3) is 0.429. The van der Waals surface area contributed by atoms with Gasteiger partial charge in [0, 0.05) is 6.42 Å². The average Bonchev–Trinajstić information content (AvgIpc) is 2.45. The van der Waals surface area contributed by atoms with Crippen molar-refractivity contribution in [1.29, 1.82) is 0 Å². The number of ether oxygens (including phenoxy) is 1. The molecule has 0 saturated heterocycles. The summed E-state index contributed by atoms with van der Waals surface area (Å²) in [7, 11) is 1.30. The Labute approximate surface area is 83.4 Å². The van der Waals surface area contributed by atoms with Crippen molar-refractivity contribution < 1.29 is 13.9 Å². The molecule has 0 saturated carbocycles. The SMILES string of the molecule is CCc1oc(C(=O)OC)nc1I. The lowest BCUT2D eigenvalue weighted by Gasteiger charge is -1.89. The zero-order chi connectivity index (χ0) is 9.14. The van der Waals surface area contributed by atoms with E-state index in [1.165, 1.54) is 7.11 Å². The summed E-state index contributed by atoms with van der Waals surface area (Å²) in [4.78, 5) is 14.8. The van der Waals surface area contributed by atoms with Crippen LogP contribution >= 0.6 is 22.6 Å². The molecule has 0 spiro atoms. The molecule has 0 aliphatic carbocycles. The van der Waals surface area contributed by atoms with Crippen molar-refractivity contribution in [2.24, 2.45) is 0 Å². The Morgan fingerprint density at radius 1 is 1.75 bits per heavy atom. The summed E-state index contributed by atoms with van der Waals surface area (Å²) in [5, 5.41) is 0. The highest BCUT2D eigenvalue weighted by Gasteiger charge is 2.16. The smallest absolute Gasteiger partial charge is 0.394 e. The number of hydrogen-bond donors (Lipinski definition) is 0. The van der Waals surface area contributed by atoms with E-state index in [0.717, 1.165) is 15.9 Å². The first-order valence-electron chi connectivity index (χ1n) is 3.42. The van der Waals surface area contributed by atoms with E-state index in [9.17, 15) is 4.79 Å². The second-order valence-corrected chi connectivity index (χ2v) is 3.10. The Morgan fingerprint density at radius 2 is 2.42 bits per heavy atom. The Kier molecular flexibility index (Phi) is 3.07.